The molecular formula is C15H20N2O5. The van der Waals surface area contributed by atoms with E-state index in [-0.39, 0.29) is 12.5 Å². The molecule has 1 N–H and O–H groups in total. The van der Waals surface area contributed by atoms with E-state index >= 15 is 0 Å². The minimum absolute atomic E-state index is 0.196. The maximum Gasteiger partial charge on any atom is 0.330 e. The van der Waals surface area contributed by atoms with Gasteiger partial charge in [-0.3, -0.25) is 9.69 Å². The summed E-state index contributed by atoms with van der Waals surface area (Å²) in [6, 6.07) is 3.75. The van der Waals surface area contributed by atoms with Crippen LogP contribution in [0.4, 0.5) is 0 Å². The molecule has 0 saturated carbocycles. The molecule has 1 unspecified atom stereocenters. The van der Waals surface area contributed by atoms with Crippen LogP contribution in [-0.4, -0.2) is 56.2 Å². The van der Waals surface area contributed by atoms with Crippen molar-refractivity contribution in [1.29, 1.82) is 0 Å². The summed E-state index contributed by atoms with van der Waals surface area (Å²) in [5.74, 6) is 0.216. The van der Waals surface area contributed by atoms with Gasteiger partial charge in [-0.15, -0.1) is 0 Å². The van der Waals surface area contributed by atoms with Crippen LogP contribution in [0.2, 0.25) is 0 Å². The molecule has 7 nitrogen and oxygen atoms in total. The number of amides is 1. The number of ether oxygens (including phenoxy) is 2. The van der Waals surface area contributed by atoms with E-state index in [2.05, 4.69) is 15.0 Å². The second kappa shape index (κ2) is 8.35. The van der Waals surface area contributed by atoms with Crippen LogP contribution in [-0.2, 0) is 25.6 Å². The Morgan fingerprint density at radius 3 is 3.14 bits per heavy atom. The third-order valence-corrected chi connectivity index (χ3v) is 3.25. The van der Waals surface area contributed by atoms with Gasteiger partial charge in [0, 0.05) is 25.7 Å². The molecule has 0 radical (unpaired) electrons. The average molecular weight is 308 g/mol. The predicted molar refractivity (Wildman–Crippen MR) is 77.9 cm³/mol. The number of carbonyl (C=O) groups is 2. The Labute approximate surface area is 128 Å². The molecule has 120 valence electrons. The minimum atomic E-state index is -0.518. The Morgan fingerprint density at radius 2 is 2.41 bits per heavy atom. The molecule has 0 spiro atoms. The molecule has 7 heteroatoms. The van der Waals surface area contributed by atoms with Gasteiger partial charge in [0.1, 0.15) is 11.9 Å². The monoisotopic (exact) mass is 308 g/mol. The van der Waals surface area contributed by atoms with Crippen molar-refractivity contribution >= 4 is 11.9 Å². The van der Waals surface area contributed by atoms with E-state index in [0.29, 0.717) is 19.7 Å². The van der Waals surface area contributed by atoms with Crippen molar-refractivity contribution < 1.29 is 23.5 Å². The highest BCUT2D eigenvalue weighted by Crippen LogP contribution is 2.11. The molecule has 1 aliphatic heterocycles. The van der Waals surface area contributed by atoms with E-state index in [9.17, 15) is 9.59 Å². The van der Waals surface area contributed by atoms with Crippen LogP contribution < -0.4 is 5.32 Å². The third-order valence-electron chi connectivity index (χ3n) is 3.25. The number of methoxy groups -OCH3 is 1. The molecule has 1 aromatic rings. The fourth-order valence-electron chi connectivity index (χ4n) is 2.12. The predicted octanol–water partition coefficient (Wildman–Crippen LogP) is 0.326. The molecule has 1 aromatic heterocycles. The van der Waals surface area contributed by atoms with Gasteiger partial charge in [-0.2, -0.15) is 0 Å². The summed E-state index contributed by atoms with van der Waals surface area (Å²) >= 11 is 0. The van der Waals surface area contributed by atoms with E-state index in [4.69, 9.17) is 9.15 Å². The first-order valence-electron chi connectivity index (χ1n) is 7.07. The zero-order valence-corrected chi connectivity index (χ0v) is 12.5. The fourth-order valence-corrected chi connectivity index (χ4v) is 2.12. The number of esters is 1. The van der Waals surface area contributed by atoms with Crippen molar-refractivity contribution in [2.45, 2.75) is 12.6 Å². The van der Waals surface area contributed by atoms with Crippen molar-refractivity contribution in [2.24, 2.45) is 0 Å². The van der Waals surface area contributed by atoms with Gasteiger partial charge in [-0.1, -0.05) is 6.08 Å². The molecule has 1 fully saturated rings. The van der Waals surface area contributed by atoms with E-state index < -0.39 is 12.1 Å². The molecule has 2 heterocycles. The maximum absolute atomic E-state index is 12.0. The van der Waals surface area contributed by atoms with E-state index in [1.54, 1.807) is 6.26 Å². The van der Waals surface area contributed by atoms with Crippen molar-refractivity contribution in [3.05, 3.63) is 36.3 Å². The lowest BCUT2D eigenvalue weighted by Gasteiger charge is -2.31. The van der Waals surface area contributed by atoms with Gasteiger partial charge in [0.2, 0.25) is 0 Å². The number of furan rings is 1. The summed E-state index contributed by atoms with van der Waals surface area (Å²) in [6.45, 7) is 2.67. The molecule has 2 rings (SSSR count). The normalized spacial score (nSPS) is 19.2. The van der Waals surface area contributed by atoms with Gasteiger partial charge < -0.3 is 19.2 Å². The number of nitrogens with one attached hydrogen (secondary N) is 1. The number of hydrogen-bond donors (Lipinski definition) is 1. The van der Waals surface area contributed by atoms with Crippen LogP contribution in [0.5, 0.6) is 0 Å². The van der Waals surface area contributed by atoms with Gasteiger partial charge in [-0.25, -0.2) is 4.79 Å². The second-order valence-corrected chi connectivity index (χ2v) is 4.84. The third kappa shape index (κ3) is 5.01. The lowest BCUT2D eigenvalue weighted by Crippen LogP contribution is -2.49. The standard InChI is InChI=1S/C15H20N2O5/c1-20-14(18)5-2-6-16-15(19)13-11-17(7-9-22-13)10-12-4-3-8-21-12/h2-5,8,13H,6-7,9-11H2,1H3,(H,16,19)/b5-2+. The van der Waals surface area contributed by atoms with Crippen LogP contribution in [0.1, 0.15) is 5.76 Å². The highest BCUT2D eigenvalue weighted by molar-refractivity contribution is 5.83. The smallest absolute Gasteiger partial charge is 0.330 e. The van der Waals surface area contributed by atoms with Crippen LogP contribution in [0.15, 0.2) is 35.0 Å². The van der Waals surface area contributed by atoms with Crippen molar-refractivity contribution in [3.8, 4) is 0 Å². The Kier molecular flexibility index (Phi) is 6.17. The Hall–Kier alpha value is -2.12. The number of rotatable bonds is 6. The first-order chi connectivity index (χ1) is 10.7. The zero-order valence-electron chi connectivity index (χ0n) is 12.5. The van der Waals surface area contributed by atoms with Gasteiger partial charge in [-0.05, 0) is 12.1 Å². The summed E-state index contributed by atoms with van der Waals surface area (Å²) in [6.07, 6.45) is 3.92. The minimum Gasteiger partial charge on any atom is -0.468 e. The number of nitrogens with zero attached hydrogens (tertiary/aromatic N) is 1. The number of carbonyl (C=O) groups excluding carboxylic acids is 2. The fraction of sp³-hybridized carbons (Fsp3) is 0.467. The van der Waals surface area contributed by atoms with Crippen LogP contribution in [0, 0.1) is 0 Å². The first kappa shape index (κ1) is 16.3. The highest BCUT2D eigenvalue weighted by atomic mass is 16.5. The molecule has 1 saturated heterocycles. The maximum atomic E-state index is 12.0. The van der Waals surface area contributed by atoms with E-state index in [0.717, 1.165) is 12.3 Å². The first-order valence-corrected chi connectivity index (χ1v) is 7.07. The van der Waals surface area contributed by atoms with Crippen molar-refractivity contribution in [1.82, 2.24) is 10.2 Å². The lowest BCUT2D eigenvalue weighted by atomic mass is 10.2. The second-order valence-electron chi connectivity index (χ2n) is 4.84. The van der Waals surface area contributed by atoms with Gasteiger partial charge in [0.05, 0.1) is 26.5 Å². The summed E-state index contributed by atoms with van der Waals surface area (Å²) in [5, 5.41) is 2.70. The zero-order chi connectivity index (χ0) is 15.8. The Bertz CT molecular complexity index is 512. The topological polar surface area (TPSA) is 81.0 Å². The molecule has 0 aliphatic carbocycles. The molecule has 1 aliphatic rings. The number of morpholine rings is 1. The van der Waals surface area contributed by atoms with Crippen LogP contribution in [0.3, 0.4) is 0 Å². The SMILES string of the molecule is COC(=O)/C=C/CNC(=O)C1CN(Cc2ccco2)CCO1. The quantitative estimate of drug-likeness (QED) is 0.602. The Balaban J connectivity index is 1.75. The number of hydrogen-bond acceptors (Lipinski definition) is 6. The van der Waals surface area contributed by atoms with Crippen LogP contribution >= 0.6 is 0 Å². The van der Waals surface area contributed by atoms with Crippen molar-refractivity contribution in [3.63, 3.8) is 0 Å². The lowest BCUT2D eigenvalue weighted by molar-refractivity contribution is -0.138. The summed E-state index contributed by atoms with van der Waals surface area (Å²) in [5.41, 5.74) is 0. The average Bonchev–Trinajstić information content (AvgIpc) is 3.04. The summed E-state index contributed by atoms with van der Waals surface area (Å²) in [7, 11) is 1.30. The summed E-state index contributed by atoms with van der Waals surface area (Å²) in [4.78, 5) is 25.0. The molecular weight excluding hydrogens is 288 g/mol. The summed E-state index contributed by atoms with van der Waals surface area (Å²) < 4.78 is 15.3. The van der Waals surface area contributed by atoms with Gasteiger partial charge >= 0.3 is 5.97 Å². The molecule has 1 amide bonds. The Morgan fingerprint density at radius 1 is 1.55 bits per heavy atom. The molecule has 1 atom stereocenters. The molecule has 0 aromatic carbocycles. The van der Waals surface area contributed by atoms with Gasteiger partial charge in [0.25, 0.3) is 5.91 Å². The largest absolute Gasteiger partial charge is 0.468 e. The molecule has 22 heavy (non-hydrogen) atoms. The molecule has 0 bridgehead atoms. The van der Waals surface area contributed by atoms with E-state index in [1.807, 2.05) is 12.1 Å². The highest BCUT2D eigenvalue weighted by Gasteiger charge is 2.26. The van der Waals surface area contributed by atoms with Crippen LogP contribution in [0.25, 0.3) is 0 Å². The van der Waals surface area contributed by atoms with Crippen molar-refractivity contribution in [2.75, 3.05) is 33.4 Å². The van der Waals surface area contributed by atoms with E-state index in [1.165, 1.54) is 19.3 Å². The van der Waals surface area contributed by atoms with Gasteiger partial charge in [0.15, 0.2) is 0 Å².